The average Bonchev–Trinajstić information content (AvgIpc) is 3.59. The Kier molecular flexibility index (Phi) is 7.07. The molecule has 2 fully saturated rings. The molecule has 0 bridgehead atoms. The van der Waals surface area contributed by atoms with Crippen LogP contribution < -0.4 is 4.74 Å². The van der Waals surface area contributed by atoms with E-state index in [2.05, 4.69) is 17.1 Å². The second-order valence-corrected chi connectivity index (χ2v) is 9.83. The van der Waals surface area contributed by atoms with Gasteiger partial charge in [-0.15, -0.1) is 0 Å². The summed E-state index contributed by atoms with van der Waals surface area (Å²) in [5, 5.41) is 1.20. The van der Waals surface area contributed by atoms with Crippen molar-refractivity contribution in [3.05, 3.63) is 65.9 Å². The number of H-pyrrole nitrogens is 1. The molecular formula is C29H35N3O3. The normalized spacial score (nSPS) is 15.6. The number of hydrogen-bond acceptors (Lipinski definition) is 3. The Morgan fingerprint density at radius 2 is 1.80 bits per heavy atom. The molecule has 2 aliphatic rings. The Bertz CT molecular complexity index is 1160. The van der Waals surface area contributed by atoms with E-state index in [1.807, 2.05) is 59.3 Å². The molecule has 1 N–H and O–H groups in total. The summed E-state index contributed by atoms with van der Waals surface area (Å²) in [7, 11) is 0. The summed E-state index contributed by atoms with van der Waals surface area (Å²) in [6, 6.07) is 16.5. The van der Waals surface area contributed by atoms with Crippen molar-refractivity contribution in [3.63, 3.8) is 0 Å². The number of carbonyl (C=O) groups is 2. The maximum atomic E-state index is 13.6. The molecular weight excluding hydrogens is 438 g/mol. The maximum Gasteiger partial charge on any atom is 0.242 e. The number of rotatable bonds is 11. The summed E-state index contributed by atoms with van der Waals surface area (Å²) in [6.45, 7) is 3.90. The van der Waals surface area contributed by atoms with E-state index in [1.165, 1.54) is 10.9 Å². The molecule has 0 spiro atoms. The highest BCUT2D eigenvalue weighted by Crippen LogP contribution is 2.34. The summed E-state index contributed by atoms with van der Waals surface area (Å²) in [6.07, 6.45) is 7.88. The van der Waals surface area contributed by atoms with Crippen LogP contribution in [0.15, 0.2) is 54.7 Å². The number of fused-ring (bicyclic) bond motifs is 1. The number of carbonyl (C=O) groups excluding carboxylic acids is 2. The number of amides is 2. The minimum absolute atomic E-state index is 0.0262. The molecule has 2 aromatic carbocycles. The number of aromatic amines is 1. The van der Waals surface area contributed by atoms with Crippen LogP contribution in [0.4, 0.5) is 0 Å². The summed E-state index contributed by atoms with van der Waals surface area (Å²) >= 11 is 0. The van der Waals surface area contributed by atoms with Crippen molar-refractivity contribution in [2.45, 2.75) is 58.0 Å². The Hall–Kier alpha value is -3.28. The zero-order chi connectivity index (χ0) is 24.2. The van der Waals surface area contributed by atoms with Crippen molar-refractivity contribution < 1.29 is 14.3 Å². The molecule has 0 aliphatic heterocycles. The van der Waals surface area contributed by atoms with Gasteiger partial charge in [0.1, 0.15) is 12.3 Å². The number of benzene rings is 2. The van der Waals surface area contributed by atoms with E-state index in [1.54, 1.807) is 0 Å². The van der Waals surface area contributed by atoms with Crippen LogP contribution in [-0.4, -0.2) is 52.3 Å². The van der Waals surface area contributed by atoms with Gasteiger partial charge in [-0.2, -0.15) is 0 Å². The minimum Gasteiger partial charge on any atom is -0.494 e. The third kappa shape index (κ3) is 5.53. The Morgan fingerprint density at radius 1 is 1.03 bits per heavy atom. The Labute approximate surface area is 207 Å². The quantitative estimate of drug-likeness (QED) is 0.430. The molecule has 35 heavy (non-hydrogen) atoms. The van der Waals surface area contributed by atoms with Gasteiger partial charge >= 0.3 is 0 Å². The molecule has 184 valence electrons. The van der Waals surface area contributed by atoms with Crippen LogP contribution in [0.5, 0.6) is 5.75 Å². The second-order valence-electron chi connectivity index (χ2n) is 9.83. The third-order valence-electron chi connectivity index (χ3n) is 7.32. The molecule has 5 rings (SSSR count). The van der Waals surface area contributed by atoms with Crippen LogP contribution in [0.25, 0.3) is 10.9 Å². The first kappa shape index (κ1) is 23.5. The predicted molar refractivity (Wildman–Crippen MR) is 137 cm³/mol. The fraction of sp³-hybridized carbons (Fsp3) is 0.448. The summed E-state index contributed by atoms with van der Waals surface area (Å²) < 4.78 is 5.57. The van der Waals surface area contributed by atoms with E-state index in [0.717, 1.165) is 55.4 Å². The van der Waals surface area contributed by atoms with Gasteiger partial charge in [0.25, 0.3) is 0 Å². The third-order valence-corrected chi connectivity index (χ3v) is 7.32. The van der Waals surface area contributed by atoms with Gasteiger partial charge in [0, 0.05) is 42.1 Å². The van der Waals surface area contributed by atoms with Crippen molar-refractivity contribution in [1.82, 2.24) is 14.8 Å². The molecule has 0 saturated heterocycles. The van der Waals surface area contributed by atoms with Crippen molar-refractivity contribution in [2.75, 3.05) is 19.7 Å². The van der Waals surface area contributed by atoms with Gasteiger partial charge in [0.2, 0.25) is 11.8 Å². The van der Waals surface area contributed by atoms with Crippen molar-refractivity contribution >= 4 is 22.7 Å². The molecule has 3 aromatic rings. The monoisotopic (exact) mass is 473 g/mol. The molecule has 0 unspecified atom stereocenters. The van der Waals surface area contributed by atoms with Crippen molar-refractivity contribution in [2.24, 2.45) is 5.92 Å². The molecule has 1 aromatic heterocycles. The first-order valence-corrected chi connectivity index (χ1v) is 13.0. The number of ether oxygens (including phenoxy) is 1. The average molecular weight is 474 g/mol. The van der Waals surface area contributed by atoms with E-state index in [9.17, 15) is 9.59 Å². The van der Waals surface area contributed by atoms with Crippen molar-refractivity contribution in [3.8, 4) is 5.75 Å². The van der Waals surface area contributed by atoms with Crippen LogP contribution in [0, 0.1) is 5.92 Å². The van der Waals surface area contributed by atoms with Crippen LogP contribution in [0.3, 0.4) is 0 Å². The maximum absolute atomic E-state index is 13.6. The topological polar surface area (TPSA) is 65.6 Å². The number of nitrogens with zero attached hydrogens (tertiary/aromatic N) is 2. The minimum atomic E-state index is 0.0262. The highest BCUT2D eigenvalue weighted by molar-refractivity contribution is 5.87. The molecule has 6 nitrogen and oxygen atoms in total. The number of nitrogens with one attached hydrogen (secondary N) is 1. The lowest BCUT2D eigenvalue weighted by molar-refractivity contribution is -0.145. The fourth-order valence-corrected chi connectivity index (χ4v) is 4.87. The summed E-state index contributed by atoms with van der Waals surface area (Å²) in [5.41, 5.74) is 3.37. The van der Waals surface area contributed by atoms with Crippen LogP contribution >= 0.6 is 0 Å². The second kappa shape index (κ2) is 10.5. The lowest BCUT2D eigenvalue weighted by Crippen LogP contribution is -2.47. The highest BCUT2D eigenvalue weighted by atomic mass is 16.5. The SMILES string of the molecule is CCOc1ccc(CN(CCc2c[nH]c3ccccc23)C(=O)CN(C(=O)C2CCC2)C2CC2)cc1. The number of aromatic nitrogens is 1. The molecule has 6 heteroatoms. The van der Waals surface area contributed by atoms with E-state index in [0.29, 0.717) is 19.7 Å². The standard InChI is InChI=1S/C29H35N3O3/c1-2-35-25-14-10-21(11-15-25)19-31(17-16-23-18-30-27-9-4-3-8-26(23)27)28(33)20-32(24-12-13-24)29(34)22-6-5-7-22/h3-4,8-11,14-15,18,22,24,30H,2,5-7,12-13,16-17,19-20H2,1H3. The first-order valence-electron chi connectivity index (χ1n) is 13.0. The van der Waals surface area contributed by atoms with Crippen LogP contribution in [0.2, 0.25) is 0 Å². The molecule has 0 atom stereocenters. The number of para-hydroxylation sites is 1. The molecule has 0 radical (unpaired) electrons. The van der Waals surface area contributed by atoms with E-state index in [-0.39, 0.29) is 30.3 Å². The molecule has 1 heterocycles. The Morgan fingerprint density at radius 3 is 2.49 bits per heavy atom. The van der Waals surface area contributed by atoms with E-state index < -0.39 is 0 Å². The zero-order valence-corrected chi connectivity index (χ0v) is 20.5. The van der Waals surface area contributed by atoms with Gasteiger partial charge in [-0.05, 0) is 68.4 Å². The van der Waals surface area contributed by atoms with Gasteiger partial charge in [0.05, 0.1) is 6.61 Å². The van der Waals surface area contributed by atoms with Gasteiger partial charge in [-0.3, -0.25) is 9.59 Å². The van der Waals surface area contributed by atoms with E-state index >= 15 is 0 Å². The first-order chi connectivity index (χ1) is 17.1. The molecule has 2 aliphatic carbocycles. The summed E-state index contributed by atoms with van der Waals surface area (Å²) in [5.74, 6) is 1.16. The van der Waals surface area contributed by atoms with Crippen molar-refractivity contribution in [1.29, 1.82) is 0 Å². The van der Waals surface area contributed by atoms with E-state index in [4.69, 9.17) is 4.74 Å². The van der Waals surface area contributed by atoms with Gasteiger partial charge in [-0.25, -0.2) is 0 Å². The molecule has 2 saturated carbocycles. The smallest absolute Gasteiger partial charge is 0.242 e. The zero-order valence-electron chi connectivity index (χ0n) is 20.5. The largest absolute Gasteiger partial charge is 0.494 e. The number of hydrogen-bond donors (Lipinski definition) is 1. The lowest BCUT2D eigenvalue weighted by atomic mass is 9.84. The molecule has 2 amide bonds. The van der Waals surface area contributed by atoms with Gasteiger partial charge in [0.15, 0.2) is 0 Å². The fourth-order valence-electron chi connectivity index (χ4n) is 4.87. The lowest BCUT2D eigenvalue weighted by Gasteiger charge is -2.33. The van der Waals surface area contributed by atoms with Crippen LogP contribution in [0.1, 0.15) is 50.2 Å². The summed E-state index contributed by atoms with van der Waals surface area (Å²) in [4.78, 5) is 33.8. The van der Waals surface area contributed by atoms with Gasteiger partial charge in [-0.1, -0.05) is 36.8 Å². The predicted octanol–water partition coefficient (Wildman–Crippen LogP) is 4.93. The highest BCUT2D eigenvalue weighted by Gasteiger charge is 2.39. The Balaban J connectivity index is 1.31. The van der Waals surface area contributed by atoms with Crippen LogP contribution in [-0.2, 0) is 22.6 Å². The van der Waals surface area contributed by atoms with Gasteiger partial charge < -0.3 is 19.5 Å².